The molecule has 1 aromatic carbocycles. The van der Waals surface area contributed by atoms with Crippen molar-refractivity contribution < 1.29 is 4.74 Å². The molecule has 2 aromatic heterocycles. The van der Waals surface area contributed by atoms with Crippen molar-refractivity contribution in [2.24, 2.45) is 0 Å². The second-order valence-corrected chi connectivity index (χ2v) is 5.75. The van der Waals surface area contributed by atoms with Gasteiger partial charge in [-0.3, -0.25) is 0 Å². The van der Waals surface area contributed by atoms with E-state index in [1.807, 2.05) is 37.4 Å². The smallest absolute Gasteiger partial charge is 0.336 e. The molecule has 0 aliphatic rings. The van der Waals surface area contributed by atoms with E-state index in [2.05, 4.69) is 27.5 Å². The number of hydrogen-bond donors (Lipinski definition) is 1. The van der Waals surface area contributed by atoms with E-state index >= 15 is 0 Å². The summed E-state index contributed by atoms with van der Waals surface area (Å²) in [6, 6.07) is 14.4. The Kier molecular flexibility index (Phi) is 4.28. The van der Waals surface area contributed by atoms with Gasteiger partial charge in [-0.25, -0.2) is 4.68 Å². The van der Waals surface area contributed by atoms with Gasteiger partial charge in [0.1, 0.15) is 12.9 Å². The molecule has 0 radical (unpaired) electrons. The fourth-order valence-electron chi connectivity index (χ4n) is 1.92. The molecule has 2 heterocycles. The van der Waals surface area contributed by atoms with Gasteiger partial charge in [0.15, 0.2) is 0 Å². The van der Waals surface area contributed by atoms with Gasteiger partial charge in [0.25, 0.3) is 0 Å². The van der Waals surface area contributed by atoms with Gasteiger partial charge in [0.2, 0.25) is 0 Å². The Bertz CT molecular complexity index is 693. The Hall–Kier alpha value is -2.18. The van der Waals surface area contributed by atoms with Gasteiger partial charge in [0, 0.05) is 16.3 Å². The van der Waals surface area contributed by atoms with E-state index in [4.69, 9.17) is 4.74 Å². The van der Waals surface area contributed by atoms with Crippen molar-refractivity contribution in [2.75, 3.05) is 7.05 Å². The van der Waals surface area contributed by atoms with E-state index < -0.39 is 0 Å². The maximum atomic E-state index is 5.63. The first-order valence-electron chi connectivity index (χ1n) is 6.67. The van der Waals surface area contributed by atoms with Crippen LogP contribution < -0.4 is 10.1 Å². The Morgan fingerprint density at radius 2 is 1.95 bits per heavy atom. The summed E-state index contributed by atoms with van der Waals surface area (Å²) in [5.41, 5.74) is 0.965. The van der Waals surface area contributed by atoms with Crippen molar-refractivity contribution in [1.29, 1.82) is 0 Å². The standard InChI is InChI=1S/C15H16N4OS/c1-16-9-13-7-8-14(21-13)10-20-15-17-11-19(18-15)12-5-3-2-4-6-12/h2-8,11,16H,9-10H2,1H3. The first-order valence-corrected chi connectivity index (χ1v) is 7.49. The number of thiophene rings is 1. The molecule has 6 heteroatoms. The van der Waals surface area contributed by atoms with Crippen LogP contribution in [0.3, 0.4) is 0 Å². The highest BCUT2D eigenvalue weighted by atomic mass is 32.1. The van der Waals surface area contributed by atoms with Crippen LogP contribution in [0.25, 0.3) is 5.69 Å². The van der Waals surface area contributed by atoms with E-state index in [1.165, 1.54) is 4.88 Å². The van der Waals surface area contributed by atoms with E-state index in [0.29, 0.717) is 12.6 Å². The van der Waals surface area contributed by atoms with Crippen molar-refractivity contribution >= 4 is 11.3 Å². The van der Waals surface area contributed by atoms with Crippen LogP contribution >= 0.6 is 11.3 Å². The highest BCUT2D eigenvalue weighted by molar-refractivity contribution is 7.11. The molecule has 5 nitrogen and oxygen atoms in total. The van der Waals surface area contributed by atoms with Crippen LogP contribution in [-0.4, -0.2) is 21.8 Å². The van der Waals surface area contributed by atoms with Crippen LogP contribution in [0.4, 0.5) is 0 Å². The van der Waals surface area contributed by atoms with Gasteiger partial charge >= 0.3 is 6.01 Å². The summed E-state index contributed by atoms with van der Waals surface area (Å²) >= 11 is 1.73. The lowest BCUT2D eigenvalue weighted by Gasteiger charge is -2.00. The fourth-order valence-corrected chi connectivity index (χ4v) is 2.87. The zero-order valence-corrected chi connectivity index (χ0v) is 12.5. The minimum absolute atomic E-state index is 0.391. The molecule has 1 N–H and O–H groups in total. The van der Waals surface area contributed by atoms with Gasteiger partial charge in [0.05, 0.1) is 5.69 Å². The van der Waals surface area contributed by atoms with Gasteiger partial charge in [-0.05, 0) is 31.3 Å². The maximum Gasteiger partial charge on any atom is 0.336 e. The predicted octanol–water partition coefficient (Wildman–Crippen LogP) is 2.63. The third-order valence-electron chi connectivity index (χ3n) is 2.90. The summed E-state index contributed by atoms with van der Waals surface area (Å²) in [4.78, 5) is 6.63. The van der Waals surface area contributed by atoms with Gasteiger partial charge in [-0.15, -0.1) is 16.4 Å². The monoisotopic (exact) mass is 300 g/mol. The second kappa shape index (κ2) is 6.51. The topological polar surface area (TPSA) is 52.0 Å². The number of aromatic nitrogens is 3. The molecule has 0 amide bonds. The highest BCUT2D eigenvalue weighted by Crippen LogP contribution is 2.18. The lowest BCUT2D eigenvalue weighted by molar-refractivity contribution is 0.284. The quantitative estimate of drug-likeness (QED) is 0.760. The molecule has 3 rings (SSSR count). The summed E-state index contributed by atoms with van der Waals surface area (Å²) in [5, 5.41) is 7.45. The van der Waals surface area contributed by atoms with Crippen LogP contribution in [0, 0.1) is 0 Å². The second-order valence-electron chi connectivity index (χ2n) is 4.49. The Labute approximate surface area is 127 Å². The minimum atomic E-state index is 0.391. The molecule has 0 saturated carbocycles. The SMILES string of the molecule is CNCc1ccc(COc2ncn(-c3ccccc3)n2)s1. The third kappa shape index (κ3) is 3.48. The van der Waals surface area contributed by atoms with E-state index in [1.54, 1.807) is 22.3 Å². The van der Waals surface area contributed by atoms with Gasteiger partial charge in [-0.1, -0.05) is 18.2 Å². The van der Waals surface area contributed by atoms with E-state index in [0.717, 1.165) is 17.1 Å². The first kappa shape index (κ1) is 13.8. The normalized spacial score (nSPS) is 10.7. The fraction of sp³-hybridized carbons (Fsp3) is 0.200. The zero-order valence-electron chi connectivity index (χ0n) is 11.7. The summed E-state index contributed by atoms with van der Waals surface area (Å²) < 4.78 is 7.34. The average Bonchev–Trinajstić information content (AvgIpc) is 3.16. The molecule has 0 aliphatic carbocycles. The van der Waals surface area contributed by atoms with Gasteiger partial charge < -0.3 is 10.1 Å². The number of nitrogens with zero attached hydrogens (tertiary/aromatic N) is 3. The van der Waals surface area contributed by atoms with Crippen LogP contribution in [0.15, 0.2) is 48.8 Å². The summed E-state index contributed by atoms with van der Waals surface area (Å²) in [5.74, 6) is 0. The van der Waals surface area contributed by atoms with Gasteiger partial charge in [-0.2, -0.15) is 4.98 Å². The lowest BCUT2D eigenvalue weighted by Crippen LogP contribution is -2.02. The molecule has 108 valence electrons. The van der Waals surface area contributed by atoms with E-state index in [-0.39, 0.29) is 0 Å². The molecule has 0 saturated heterocycles. The molecule has 0 fully saturated rings. The van der Waals surface area contributed by atoms with Crippen molar-refractivity contribution in [3.05, 3.63) is 58.5 Å². The predicted molar refractivity (Wildman–Crippen MR) is 82.8 cm³/mol. The highest BCUT2D eigenvalue weighted by Gasteiger charge is 2.05. The van der Waals surface area contributed by atoms with Crippen LogP contribution in [0.2, 0.25) is 0 Å². The first-order chi connectivity index (χ1) is 10.3. The number of para-hydroxylation sites is 1. The van der Waals surface area contributed by atoms with Crippen LogP contribution in [-0.2, 0) is 13.2 Å². The van der Waals surface area contributed by atoms with Crippen molar-refractivity contribution in [3.8, 4) is 11.7 Å². The molecule has 0 bridgehead atoms. The lowest BCUT2D eigenvalue weighted by atomic mass is 10.3. The molecule has 0 atom stereocenters. The minimum Gasteiger partial charge on any atom is -0.457 e. The van der Waals surface area contributed by atoms with Crippen LogP contribution in [0.5, 0.6) is 6.01 Å². The molecule has 0 aliphatic heterocycles. The number of nitrogens with one attached hydrogen (secondary N) is 1. The Morgan fingerprint density at radius 1 is 1.14 bits per heavy atom. The summed E-state index contributed by atoms with van der Waals surface area (Å²) in [6.07, 6.45) is 1.66. The number of benzene rings is 1. The molecular weight excluding hydrogens is 284 g/mol. The third-order valence-corrected chi connectivity index (χ3v) is 3.96. The Balaban J connectivity index is 1.62. The molecule has 21 heavy (non-hydrogen) atoms. The maximum absolute atomic E-state index is 5.63. The number of rotatable bonds is 6. The average molecular weight is 300 g/mol. The van der Waals surface area contributed by atoms with Crippen molar-refractivity contribution in [1.82, 2.24) is 20.1 Å². The van der Waals surface area contributed by atoms with Crippen LogP contribution in [0.1, 0.15) is 9.75 Å². The summed E-state index contributed by atoms with van der Waals surface area (Å²) in [7, 11) is 1.94. The molecule has 0 unspecified atom stereocenters. The zero-order chi connectivity index (χ0) is 14.5. The van der Waals surface area contributed by atoms with E-state index in [9.17, 15) is 0 Å². The molecule has 0 spiro atoms. The Morgan fingerprint density at radius 3 is 2.76 bits per heavy atom. The van der Waals surface area contributed by atoms with Crippen molar-refractivity contribution in [3.63, 3.8) is 0 Å². The molecular formula is C15H16N4OS. The largest absolute Gasteiger partial charge is 0.457 e. The van der Waals surface area contributed by atoms with Crippen molar-refractivity contribution in [2.45, 2.75) is 13.2 Å². The molecule has 3 aromatic rings. The number of ether oxygens (including phenoxy) is 1. The number of hydrogen-bond acceptors (Lipinski definition) is 5. The summed E-state index contributed by atoms with van der Waals surface area (Å²) in [6.45, 7) is 1.37.